The lowest BCUT2D eigenvalue weighted by molar-refractivity contribution is -0.119. The first-order chi connectivity index (χ1) is 9.63. The van der Waals surface area contributed by atoms with Crippen LogP contribution in [0.25, 0.3) is 0 Å². The molecule has 0 aliphatic heterocycles. The van der Waals surface area contributed by atoms with Crippen molar-refractivity contribution in [1.82, 2.24) is 4.90 Å². The van der Waals surface area contributed by atoms with Crippen molar-refractivity contribution in [2.45, 2.75) is 13.0 Å². The highest BCUT2D eigenvalue weighted by Gasteiger charge is 2.08. The number of Topliss-reactive ketones (excluding diaryl/α,β-unsaturated/α-hetero) is 1. The maximum absolute atomic E-state index is 12.0. The van der Waals surface area contributed by atoms with E-state index in [-0.39, 0.29) is 5.78 Å². The summed E-state index contributed by atoms with van der Waals surface area (Å²) in [4.78, 5) is 14.1. The summed E-state index contributed by atoms with van der Waals surface area (Å²) in [6.07, 6.45) is 0.505. The molecule has 0 amide bonds. The lowest BCUT2D eigenvalue weighted by atomic mass is 10.1. The fourth-order valence-corrected chi connectivity index (χ4v) is 2.40. The number of carbonyl (C=O) groups excluding carboxylic acids is 1. The fourth-order valence-electron chi connectivity index (χ4n) is 2.14. The van der Waals surface area contributed by atoms with Gasteiger partial charge in [0.15, 0.2) is 5.78 Å². The average molecular weight is 332 g/mol. The Bertz CT molecular complexity index is 551. The molecule has 2 aromatic carbocycles. The second-order valence-corrected chi connectivity index (χ2v) is 5.92. The quantitative estimate of drug-likeness (QED) is 0.804. The molecule has 0 saturated heterocycles. The van der Waals surface area contributed by atoms with Gasteiger partial charge in [-0.3, -0.25) is 9.69 Å². The van der Waals surface area contributed by atoms with E-state index < -0.39 is 0 Å². The molecule has 3 heteroatoms. The van der Waals surface area contributed by atoms with Crippen LogP contribution < -0.4 is 0 Å². The summed E-state index contributed by atoms with van der Waals surface area (Å²) in [6, 6.07) is 18.1. The molecule has 0 radical (unpaired) electrons. The van der Waals surface area contributed by atoms with E-state index in [1.807, 2.05) is 49.5 Å². The third-order valence-corrected chi connectivity index (χ3v) is 3.58. The summed E-state index contributed by atoms with van der Waals surface area (Å²) >= 11 is 3.42. The first kappa shape index (κ1) is 14.9. The van der Waals surface area contributed by atoms with Gasteiger partial charge in [0.2, 0.25) is 0 Å². The van der Waals surface area contributed by atoms with Crippen LogP contribution in [0.3, 0.4) is 0 Å². The standard InChI is InChI=1S/C17H18BrNO/c1-19(12-15-7-9-16(18)10-8-15)13-17(20)11-14-5-3-2-4-6-14/h2-10H,11-13H2,1H3. The van der Waals surface area contributed by atoms with E-state index in [1.54, 1.807) is 0 Å². The summed E-state index contributed by atoms with van der Waals surface area (Å²) in [7, 11) is 1.98. The van der Waals surface area contributed by atoms with Crippen molar-refractivity contribution < 1.29 is 4.79 Å². The van der Waals surface area contributed by atoms with Crippen LogP contribution in [0.15, 0.2) is 59.1 Å². The number of halogens is 1. The zero-order valence-electron chi connectivity index (χ0n) is 11.6. The molecule has 0 N–H and O–H groups in total. The van der Waals surface area contributed by atoms with Crippen molar-refractivity contribution in [3.05, 3.63) is 70.2 Å². The van der Waals surface area contributed by atoms with Crippen LogP contribution in [0.2, 0.25) is 0 Å². The number of rotatable bonds is 6. The lowest BCUT2D eigenvalue weighted by Gasteiger charge is -2.16. The Balaban J connectivity index is 1.83. The summed E-state index contributed by atoms with van der Waals surface area (Å²) in [5.41, 5.74) is 2.29. The van der Waals surface area contributed by atoms with E-state index in [9.17, 15) is 4.79 Å². The molecule has 104 valence electrons. The largest absolute Gasteiger partial charge is 0.298 e. The van der Waals surface area contributed by atoms with Crippen molar-refractivity contribution >= 4 is 21.7 Å². The second-order valence-electron chi connectivity index (χ2n) is 5.00. The first-order valence-corrected chi connectivity index (χ1v) is 7.41. The van der Waals surface area contributed by atoms with Gasteiger partial charge in [0, 0.05) is 17.4 Å². The summed E-state index contributed by atoms with van der Waals surface area (Å²) < 4.78 is 1.07. The molecule has 0 aliphatic rings. The van der Waals surface area contributed by atoms with Crippen LogP contribution in [-0.2, 0) is 17.8 Å². The molecule has 2 nitrogen and oxygen atoms in total. The molecule has 0 spiro atoms. The van der Waals surface area contributed by atoms with Crippen LogP contribution in [0.5, 0.6) is 0 Å². The molecule has 0 heterocycles. The molecule has 0 aromatic heterocycles. The van der Waals surface area contributed by atoms with Gasteiger partial charge in [0.05, 0.1) is 6.54 Å². The zero-order valence-corrected chi connectivity index (χ0v) is 13.1. The minimum Gasteiger partial charge on any atom is -0.298 e. The molecule has 0 saturated carbocycles. The van der Waals surface area contributed by atoms with Crippen molar-refractivity contribution in [2.24, 2.45) is 0 Å². The predicted molar refractivity (Wildman–Crippen MR) is 85.6 cm³/mol. The van der Waals surface area contributed by atoms with E-state index in [0.29, 0.717) is 13.0 Å². The van der Waals surface area contributed by atoms with E-state index in [2.05, 4.69) is 33.0 Å². The summed E-state index contributed by atoms with van der Waals surface area (Å²) in [5, 5.41) is 0. The van der Waals surface area contributed by atoms with Crippen molar-refractivity contribution in [3.8, 4) is 0 Å². The van der Waals surface area contributed by atoms with Gasteiger partial charge in [-0.15, -0.1) is 0 Å². The SMILES string of the molecule is CN(CC(=O)Cc1ccccc1)Cc1ccc(Br)cc1. The van der Waals surface area contributed by atoms with Gasteiger partial charge in [-0.1, -0.05) is 58.4 Å². The molecule has 0 aliphatic carbocycles. The number of hydrogen-bond donors (Lipinski definition) is 0. The Kier molecular flexibility index (Phi) is 5.50. The van der Waals surface area contributed by atoms with Gasteiger partial charge < -0.3 is 0 Å². The summed E-state index contributed by atoms with van der Waals surface area (Å²) in [5.74, 6) is 0.246. The smallest absolute Gasteiger partial charge is 0.151 e. The van der Waals surface area contributed by atoms with E-state index in [0.717, 1.165) is 16.6 Å². The zero-order chi connectivity index (χ0) is 14.4. The number of benzene rings is 2. The van der Waals surface area contributed by atoms with Gasteiger partial charge >= 0.3 is 0 Å². The van der Waals surface area contributed by atoms with E-state index in [1.165, 1.54) is 5.56 Å². The molecule has 0 bridgehead atoms. The minimum atomic E-state index is 0.246. The normalized spacial score (nSPS) is 10.8. The predicted octanol–water partition coefficient (Wildman–Crippen LogP) is 3.69. The Hall–Kier alpha value is -1.45. The molecular formula is C17H18BrNO. The van der Waals surface area contributed by atoms with Crippen LogP contribution in [0.1, 0.15) is 11.1 Å². The number of nitrogens with zero attached hydrogens (tertiary/aromatic N) is 1. The molecule has 2 rings (SSSR count). The summed E-state index contributed by atoms with van der Waals surface area (Å²) in [6.45, 7) is 1.26. The van der Waals surface area contributed by atoms with Gasteiger partial charge in [-0.2, -0.15) is 0 Å². The molecule has 20 heavy (non-hydrogen) atoms. The molecule has 2 aromatic rings. The van der Waals surface area contributed by atoms with Crippen molar-refractivity contribution in [2.75, 3.05) is 13.6 Å². The fraction of sp³-hybridized carbons (Fsp3) is 0.235. The van der Waals surface area contributed by atoms with E-state index in [4.69, 9.17) is 0 Å². The van der Waals surface area contributed by atoms with Crippen LogP contribution >= 0.6 is 15.9 Å². The Morgan fingerprint density at radius 1 is 1.00 bits per heavy atom. The second kappa shape index (κ2) is 7.36. The minimum absolute atomic E-state index is 0.246. The lowest BCUT2D eigenvalue weighted by Crippen LogP contribution is -2.26. The van der Waals surface area contributed by atoms with Crippen molar-refractivity contribution in [1.29, 1.82) is 0 Å². The molecular weight excluding hydrogens is 314 g/mol. The molecule has 0 atom stereocenters. The number of hydrogen-bond acceptors (Lipinski definition) is 2. The van der Waals surface area contributed by atoms with Crippen LogP contribution in [0.4, 0.5) is 0 Å². The third-order valence-electron chi connectivity index (χ3n) is 3.06. The van der Waals surface area contributed by atoms with Gasteiger partial charge in [0.25, 0.3) is 0 Å². The Morgan fingerprint density at radius 3 is 2.30 bits per heavy atom. The topological polar surface area (TPSA) is 20.3 Å². The number of carbonyl (C=O) groups is 1. The first-order valence-electron chi connectivity index (χ1n) is 6.62. The maximum atomic E-state index is 12.0. The monoisotopic (exact) mass is 331 g/mol. The highest BCUT2D eigenvalue weighted by Crippen LogP contribution is 2.11. The Morgan fingerprint density at radius 2 is 1.65 bits per heavy atom. The van der Waals surface area contributed by atoms with Gasteiger partial charge in [-0.05, 0) is 30.3 Å². The average Bonchev–Trinajstić information content (AvgIpc) is 2.42. The Labute approximate surface area is 128 Å². The maximum Gasteiger partial charge on any atom is 0.151 e. The number of likely N-dealkylation sites (N-methyl/N-ethyl adjacent to an activating group) is 1. The third kappa shape index (κ3) is 4.91. The molecule has 0 fully saturated rings. The van der Waals surface area contributed by atoms with Gasteiger partial charge in [0.1, 0.15) is 0 Å². The molecule has 0 unspecified atom stereocenters. The van der Waals surface area contributed by atoms with Gasteiger partial charge in [-0.25, -0.2) is 0 Å². The van der Waals surface area contributed by atoms with Crippen LogP contribution in [0, 0.1) is 0 Å². The van der Waals surface area contributed by atoms with Crippen LogP contribution in [-0.4, -0.2) is 24.3 Å². The van der Waals surface area contributed by atoms with Crippen molar-refractivity contribution in [3.63, 3.8) is 0 Å². The highest BCUT2D eigenvalue weighted by atomic mass is 79.9. The number of ketones is 1. The highest BCUT2D eigenvalue weighted by molar-refractivity contribution is 9.10. The van der Waals surface area contributed by atoms with E-state index >= 15 is 0 Å².